The summed E-state index contributed by atoms with van der Waals surface area (Å²) < 4.78 is 7.27. The first kappa shape index (κ1) is 27.6. The summed E-state index contributed by atoms with van der Waals surface area (Å²) in [5.74, 6) is 1.33. The van der Waals surface area contributed by atoms with Crippen LogP contribution in [0.2, 0.25) is 0 Å². The molecule has 0 radical (unpaired) electrons. The minimum atomic E-state index is 0.613. The van der Waals surface area contributed by atoms with Crippen LogP contribution in [0.25, 0.3) is 96.3 Å². The van der Waals surface area contributed by atoms with Crippen molar-refractivity contribution in [2.75, 3.05) is 0 Å². The Bertz CT molecular complexity index is 3030. The third kappa shape index (κ3) is 4.13. The third-order valence-electron chi connectivity index (χ3n) is 10.4. The zero-order chi connectivity index (χ0) is 32.2. The number of hydrogen-bond acceptors (Lipinski definition) is 4. The minimum Gasteiger partial charge on any atom is -0.278 e. The van der Waals surface area contributed by atoms with Crippen molar-refractivity contribution in [2.45, 2.75) is 19.8 Å². The molecule has 0 bridgehead atoms. The first-order valence-electron chi connectivity index (χ1n) is 16.9. The van der Waals surface area contributed by atoms with Gasteiger partial charge in [0.05, 0.1) is 26.9 Å². The number of aromatic nitrogens is 3. The highest BCUT2D eigenvalue weighted by atomic mass is 32.1. The Morgan fingerprint density at radius 1 is 0.633 bits per heavy atom. The van der Waals surface area contributed by atoms with E-state index in [1.807, 2.05) is 11.3 Å². The molecule has 10 aromatic rings. The van der Waals surface area contributed by atoms with E-state index in [1.54, 1.807) is 11.3 Å². The second-order valence-electron chi connectivity index (χ2n) is 13.5. The van der Waals surface area contributed by atoms with E-state index in [0.29, 0.717) is 11.9 Å². The average Bonchev–Trinajstić information content (AvgIpc) is 3.74. The zero-order valence-corrected chi connectivity index (χ0v) is 28.4. The highest BCUT2D eigenvalue weighted by Crippen LogP contribution is 2.43. The Hall–Kier alpha value is -5.36. The van der Waals surface area contributed by atoms with E-state index >= 15 is 0 Å². The smallest absolute Gasteiger partial charge is 0.235 e. The molecule has 0 spiro atoms. The monoisotopic (exact) mass is 663 g/mol. The number of fused-ring (bicyclic) bond motifs is 11. The van der Waals surface area contributed by atoms with Gasteiger partial charge in [-0.2, -0.15) is 0 Å². The Kier molecular flexibility index (Phi) is 5.81. The molecular formula is C44H29N3S2. The molecule has 3 nitrogen and oxygen atoms in total. The lowest BCUT2D eigenvalue weighted by Crippen LogP contribution is -2.03. The summed E-state index contributed by atoms with van der Waals surface area (Å²) in [5.41, 5.74) is 8.11. The maximum atomic E-state index is 5.54. The Morgan fingerprint density at radius 3 is 2.22 bits per heavy atom. The Labute approximate surface area is 290 Å². The molecule has 232 valence electrons. The number of benzene rings is 6. The lowest BCUT2D eigenvalue weighted by Gasteiger charge is -2.12. The van der Waals surface area contributed by atoms with Gasteiger partial charge in [0.2, 0.25) is 5.95 Å². The summed E-state index contributed by atoms with van der Waals surface area (Å²) >= 11 is 3.64. The molecule has 1 atom stereocenters. The highest BCUT2D eigenvalue weighted by molar-refractivity contribution is 7.26. The van der Waals surface area contributed by atoms with Crippen molar-refractivity contribution in [3.8, 4) is 17.2 Å². The lowest BCUT2D eigenvalue weighted by atomic mass is 9.96. The lowest BCUT2D eigenvalue weighted by molar-refractivity contribution is 0.594. The summed E-state index contributed by atoms with van der Waals surface area (Å²) in [5, 5.41) is 8.74. The SMILES string of the molecule is CC1CC=Cc2cc3c(cc2C1)c1cc2ccccc2cc1n3-c1nc(-c2ccc3c(c2)sc2ccccc23)c2sc3ccccc3c2n1. The van der Waals surface area contributed by atoms with Crippen molar-refractivity contribution in [3.05, 3.63) is 132 Å². The van der Waals surface area contributed by atoms with Crippen LogP contribution in [0.3, 0.4) is 0 Å². The molecule has 1 aliphatic carbocycles. The molecule has 0 saturated heterocycles. The largest absolute Gasteiger partial charge is 0.278 e. The van der Waals surface area contributed by atoms with Crippen molar-refractivity contribution in [1.82, 2.24) is 14.5 Å². The molecule has 49 heavy (non-hydrogen) atoms. The van der Waals surface area contributed by atoms with Crippen molar-refractivity contribution < 1.29 is 0 Å². The van der Waals surface area contributed by atoms with Gasteiger partial charge in [0.1, 0.15) is 0 Å². The summed E-state index contributed by atoms with van der Waals surface area (Å²) in [4.78, 5) is 11.0. The molecule has 0 aliphatic heterocycles. The van der Waals surface area contributed by atoms with Crippen LogP contribution >= 0.6 is 22.7 Å². The van der Waals surface area contributed by atoms with Crippen molar-refractivity contribution in [1.29, 1.82) is 0 Å². The van der Waals surface area contributed by atoms with Crippen LogP contribution in [0.4, 0.5) is 0 Å². The molecule has 0 fully saturated rings. The maximum absolute atomic E-state index is 5.54. The van der Waals surface area contributed by atoms with Gasteiger partial charge in [-0.05, 0) is 83.1 Å². The molecule has 1 unspecified atom stereocenters. The van der Waals surface area contributed by atoms with Crippen LogP contribution in [0, 0.1) is 5.92 Å². The molecule has 11 rings (SSSR count). The summed E-state index contributed by atoms with van der Waals surface area (Å²) in [6.45, 7) is 2.35. The number of nitrogens with zero attached hydrogens (tertiary/aromatic N) is 3. The first-order chi connectivity index (χ1) is 24.2. The van der Waals surface area contributed by atoms with E-state index in [0.717, 1.165) is 45.3 Å². The van der Waals surface area contributed by atoms with E-state index in [2.05, 4.69) is 139 Å². The first-order valence-corrected chi connectivity index (χ1v) is 18.6. The molecule has 0 amide bonds. The van der Waals surface area contributed by atoms with Gasteiger partial charge in [-0.1, -0.05) is 91.9 Å². The van der Waals surface area contributed by atoms with Gasteiger partial charge >= 0.3 is 0 Å². The standard InChI is InChI=1S/C44H29N3S2/c1-25-9-8-12-28-23-37-35(21-30(28)19-25)34-20-26-10-2-3-11-27(26)22-36(34)47(37)44-45-41(43-42(46-44)33-14-5-7-16-39(33)49-43)29-17-18-32-31-13-4-6-15-38(31)48-40(32)24-29/h2-8,10-18,20-25H,9,19H2,1H3. The van der Waals surface area contributed by atoms with E-state index in [1.165, 1.54) is 62.9 Å². The van der Waals surface area contributed by atoms with Gasteiger partial charge in [0.15, 0.2) is 0 Å². The normalized spacial score (nSPS) is 15.0. The predicted molar refractivity (Wildman–Crippen MR) is 212 cm³/mol. The molecule has 0 saturated carbocycles. The van der Waals surface area contributed by atoms with Crippen molar-refractivity contribution in [3.63, 3.8) is 0 Å². The Balaban J connectivity index is 1.26. The number of thiophene rings is 2. The topological polar surface area (TPSA) is 30.7 Å². The van der Waals surface area contributed by atoms with E-state index in [-0.39, 0.29) is 0 Å². The molecule has 1 aliphatic rings. The zero-order valence-electron chi connectivity index (χ0n) is 26.8. The fourth-order valence-electron chi connectivity index (χ4n) is 7.99. The molecule has 6 aromatic carbocycles. The molecule has 4 heterocycles. The molecule has 4 aromatic heterocycles. The maximum Gasteiger partial charge on any atom is 0.235 e. The highest BCUT2D eigenvalue weighted by Gasteiger charge is 2.22. The fraction of sp³-hybridized carbons (Fsp3) is 0.0909. The molecular weight excluding hydrogens is 635 g/mol. The number of rotatable bonds is 2. The van der Waals surface area contributed by atoms with Crippen LogP contribution in [0.1, 0.15) is 24.5 Å². The molecule has 0 N–H and O–H groups in total. The summed E-state index contributed by atoms with van der Waals surface area (Å²) in [6, 6.07) is 42.4. The van der Waals surface area contributed by atoms with Gasteiger partial charge < -0.3 is 0 Å². The molecule has 5 heteroatoms. The van der Waals surface area contributed by atoms with Gasteiger partial charge in [0.25, 0.3) is 0 Å². The van der Waals surface area contributed by atoms with Crippen LogP contribution in [0.5, 0.6) is 0 Å². The van der Waals surface area contributed by atoms with E-state index in [9.17, 15) is 0 Å². The van der Waals surface area contributed by atoms with Crippen LogP contribution in [-0.2, 0) is 6.42 Å². The van der Waals surface area contributed by atoms with Crippen LogP contribution in [-0.4, -0.2) is 14.5 Å². The van der Waals surface area contributed by atoms with Gasteiger partial charge in [-0.15, -0.1) is 22.7 Å². The van der Waals surface area contributed by atoms with Gasteiger partial charge in [0, 0.05) is 46.6 Å². The number of allylic oxidation sites excluding steroid dienone is 1. The van der Waals surface area contributed by atoms with E-state index < -0.39 is 0 Å². The van der Waals surface area contributed by atoms with Gasteiger partial charge in [-0.25, -0.2) is 9.97 Å². The van der Waals surface area contributed by atoms with Gasteiger partial charge in [-0.3, -0.25) is 4.57 Å². The second-order valence-corrected chi connectivity index (χ2v) is 15.7. The Morgan fingerprint density at radius 2 is 1.35 bits per heavy atom. The van der Waals surface area contributed by atoms with Crippen LogP contribution in [0.15, 0.2) is 121 Å². The average molecular weight is 664 g/mol. The fourth-order valence-corrected chi connectivity index (χ4v) is 10.3. The number of hydrogen-bond donors (Lipinski definition) is 0. The predicted octanol–water partition coefficient (Wildman–Crippen LogP) is 12.7. The quantitative estimate of drug-likeness (QED) is 0.184. The summed E-state index contributed by atoms with van der Waals surface area (Å²) in [7, 11) is 0. The van der Waals surface area contributed by atoms with E-state index in [4.69, 9.17) is 9.97 Å². The summed E-state index contributed by atoms with van der Waals surface area (Å²) in [6.07, 6.45) is 6.83. The van der Waals surface area contributed by atoms with Crippen LogP contribution < -0.4 is 0 Å². The second kappa shape index (κ2) is 10.3. The third-order valence-corrected chi connectivity index (χ3v) is 12.7. The van der Waals surface area contributed by atoms with Crippen molar-refractivity contribution >= 4 is 102 Å². The minimum absolute atomic E-state index is 0.613. The van der Waals surface area contributed by atoms with Crippen molar-refractivity contribution in [2.24, 2.45) is 5.92 Å².